The molecule has 2 unspecified atom stereocenters. The van der Waals surface area contributed by atoms with E-state index in [1.807, 2.05) is 45.0 Å². The quantitative estimate of drug-likeness (QED) is 0.272. The number of amides is 3. The summed E-state index contributed by atoms with van der Waals surface area (Å²) in [4.78, 5) is 51.4. The van der Waals surface area contributed by atoms with Crippen LogP contribution in [0.4, 0.5) is 5.69 Å². The lowest BCUT2D eigenvalue weighted by atomic mass is 9.70. The first-order valence-corrected chi connectivity index (χ1v) is 17.2. The second kappa shape index (κ2) is 15.3. The third kappa shape index (κ3) is 6.60. The molecule has 258 valence electrons. The third-order valence-electron chi connectivity index (χ3n) is 10.6. The van der Waals surface area contributed by atoms with Crippen LogP contribution in [0.15, 0.2) is 49.6 Å². The summed E-state index contributed by atoms with van der Waals surface area (Å²) in [5.41, 5.74) is -0.505. The number of benzene rings is 1. The predicted octanol–water partition coefficient (Wildman–Crippen LogP) is 2.73. The Kier molecular flexibility index (Phi) is 11.4. The van der Waals surface area contributed by atoms with E-state index in [1.54, 1.807) is 26.9 Å². The Balaban J connectivity index is 1.50. The standard InChI is InChI=1S/C36H52N4O7/c1-6-16-38(19-18-37-20-22-45-23-21-37)35(44)32-36-15-14-29(47-36)30(31(36)34(43)40(32)28(24-41)25(5)8-3)33(42)39(17-7-2)26-10-12-27(13-11-26)46-9-4/h6-7,10-13,25,28-32,41H,1-2,8-9,14-24H2,3-5H3/t25-,28-,29-,30+,31-,32?,36?/m0/s1. The minimum atomic E-state index is -1.17. The van der Waals surface area contributed by atoms with E-state index in [0.29, 0.717) is 70.2 Å². The van der Waals surface area contributed by atoms with E-state index in [-0.39, 0.29) is 36.8 Å². The first-order valence-electron chi connectivity index (χ1n) is 17.2. The Bertz CT molecular complexity index is 1280. The molecular formula is C36H52N4O7. The van der Waals surface area contributed by atoms with Crippen LogP contribution in [0.25, 0.3) is 0 Å². The highest BCUT2D eigenvalue weighted by molar-refractivity contribution is 6.03. The largest absolute Gasteiger partial charge is 0.494 e. The highest BCUT2D eigenvalue weighted by atomic mass is 16.5. The zero-order chi connectivity index (χ0) is 33.7. The van der Waals surface area contributed by atoms with Crippen molar-refractivity contribution in [1.29, 1.82) is 0 Å². The van der Waals surface area contributed by atoms with E-state index < -0.39 is 35.6 Å². The van der Waals surface area contributed by atoms with Crippen LogP contribution in [0.2, 0.25) is 0 Å². The summed E-state index contributed by atoms with van der Waals surface area (Å²) >= 11 is 0. The number of fused-ring (bicyclic) bond motifs is 1. The average molecular weight is 653 g/mol. The number of carbonyl (C=O) groups excluding carboxylic acids is 3. The molecule has 0 saturated carbocycles. The molecule has 47 heavy (non-hydrogen) atoms. The summed E-state index contributed by atoms with van der Waals surface area (Å²) in [7, 11) is 0. The van der Waals surface area contributed by atoms with Gasteiger partial charge in [0, 0.05) is 45.0 Å². The van der Waals surface area contributed by atoms with Crippen molar-refractivity contribution in [3.8, 4) is 5.75 Å². The number of rotatable bonds is 16. The van der Waals surface area contributed by atoms with Crippen molar-refractivity contribution in [2.45, 2.75) is 63.8 Å². The van der Waals surface area contributed by atoms with E-state index >= 15 is 0 Å². The van der Waals surface area contributed by atoms with Crippen molar-refractivity contribution in [1.82, 2.24) is 14.7 Å². The van der Waals surface area contributed by atoms with Gasteiger partial charge in [0.15, 0.2) is 0 Å². The lowest BCUT2D eigenvalue weighted by Gasteiger charge is -2.41. The van der Waals surface area contributed by atoms with Gasteiger partial charge >= 0.3 is 0 Å². The van der Waals surface area contributed by atoms with Crippen molar-refractivity contribution in [3.05, 3.63) is 49.6 Å². The number of anilines is 1. The van der Waals surface area contributed by atoms with E-state index in [4.69, 9.17) is 14.2 Å². The van der Waals surface area contributed by atoms with Crippen molar-refractivity contribution in [2.24, 2.45) is 17.8 Å². The Morgan fingerprint density at radius 2 is 1.83 bits per heavy atom. The maximum absolute atomic E-state index is 14.8. The van der Waals surface area contributed by atoms with Gasteiger partial charge in [-0.3, -0.25) is 19.3 Å². The number of likely N-dealkylation sites (tertiary alicyclic amines) is 1. The Morgan fingerprint density at radius 3 is 2.45 bits per heavy atom. The molecule has 1 aromatic carbocycles. The van der Waals surface area contributed by atoms with Gasteiger partial charge in [0.2, 0.25) is 17.7 Å². The Labute approximate surface area is 279 Å². The van der Waals surface area contributed by atoms with Crippen LogP contribution in [0.5, 0.6) is 5.75 Å². The van der Waals surface area contributed by atoms with Gasteiger partial charge in [-0.05, 0) is 49.9 Å². The molecular weight excluding hydrogens is 600 g/mol. The van der Waals surface area contributed by atoms with Gasteiger partial charge in [-0.1, -0.05) is 32.4 Å². The maximum Gasteiger partial charge on any atom is 0.248 e. The van der Waals surface area contributed by atoms with Crippen LogP contribution >= 0.6 is 0 Å². The minimum Gasteiger partial charge on any atom is -0.494 e. The average Bonchev–Trinajstić information content (AvgIpc) is 3.74. The molecule has 1 aromatic rings. The van der Waals surface area contributed by atoms with Crippen LogP contribution in [0.3, 0.4) is 0 Å². The van der Waals surface area contributed by atoms with Gasteiger partial charge in [-0.25, -0.2) is 0 Å². The molecule has 1 N–H and O–H groups in total. The monoisotopic (exact) mass is 652 g/mol. The van der Waals surface area contributed by atoms with Gasteiger partial charge in [0.1, 0.15) is 17.4 Å². The predicted molar refractivity (Wildman–Crippen MR) is 179 cm³/mol. The number of nitrogens with zero attached hydrogens (tertiary/aromatic N) is 4. The third-order valence-corrected chi connectivity index (χ3v) is 10.6. The number of hydrogen-bond donors (Lipinski definition) is 1. The second-order valence-electron chi connectivity index (χ2n) is 13.1. The molecule has 4 aliphatic rings. The van der Waals surface area contributed by atoms with Gasteiger partial charge in [-0.2, -0.15) is 0 Å². The minimum absolute atomic E-state index is 0.0804. The highest BCUT2D eigenvalue weighted by Gasteiger charge is 2.75. The SMILES string of the molecule is C=CCN(CCN1CCOCC1)C(=O)C1N([C@@H](CO)[C@@H](C)CC)C(=O)[C@@H]2[C@H](C(=O)N(CC=C)c3ccc(OCC)cc3)[C@@H]3CCC12O3. The topological polar surface area (TPSA) is 112 Å². The van der Waals surface area contributed by atoms with Gasteiger partial charge in [0.25, 0.3) is 0 Å². The van der Waals surface area contributed by atoms with Crippen LogP contribution in [-0.4, -0.2) is 127 Å². The zero-order valence-electron chi connectivity index (χ0n) is 28.2. The summed E-state index contributed by atoms with van der Waals surface area (Å²) in [5, 5.41) is 10.7. The fourth-order valence-corrected chi connectivity index (χ4v) is 8.05. The normalized spacial score (nSPS) is 28.1. The summed E-state index contributed by atoms with van der Waals surface area (Å²) in [5.74, 6) is -1.75. The van der Waals surface area contributed by atoms with Crippen molar-refractivity contribution >= 4 is 23.4 Å². The first kappa shape index (κ1) is 35.1. The molecule has 0 aromatic heterocycles. The number of aliphatic hydroxyl groups is 1. The van der Waals surface area contributed by atoms with Crippen LogP contribution in [0, 0.1) is 17.8 Å². The molecule has 7 atom stereocenters. The van der Waals surface area contributed by atoms with Gasteiger partial charge < -0.3 is 34.0 Å². The van der Waals surface area contributed by atoms with Gasteiger partial charge in [-0.15, -0.1) is 13.2 Å². The molecule has 0 radical (unpaired) electrons. The molecule has 1 spiro atoms. The maximum atomic E-state index is 14.8. The number of aliphatic hydroxyl groups excluding tert-OH is 1. The number of carbonyl (C=O) groups is 3. The molecule has 4 fully saturated rings. The van der Waals surface area contributed by atoms with Crippen LogP contribution in [-0.2, 0) is 23.9 Å². The number of ether oxygens (including phenoxy) is 3. The Morgan fingerprint density at radius 1 is 1.13 bits per heavy atom. The molecule has 4 saturated heterocycles. The lowest BCUT2D eigenvalue weighted by molar-refractivity contribution is -0.152. The highest BCUT2D eigenvalue weighted by Crippen LogP contribution is 2.59. The molecule has 2 bridgehead atoms. The summed E-state index contributed by atoms with van der Waals surface area (Å²) in [6.07, 6.45) is 4.62. The fourth-order valence-electron chi connectivity index (χ4n) is 8.05. The van der Waals surface area contributed by atoms with Crippen molar-refractivity contribution < 1.29 is 33.7 Å². The molecule has 11 heteroatoms. The molecule has 5 rings (SSSR count). The van der Waals surface area contributed by atoms with Crippen LogP contribution < -0.4 is 9.64 Å². The molecule has 3 amide bonds. The molecule has 4 aliphatic heterocycles. The van der Waals surface area contributed by atoms with Gasteiger partial charge in [0.05, 0.1) is 50.4 Å². The van der Waals surface area contributed by atoms with E-state index in [1.165, 1.54) is 0 Å². The fraction of sp³-hybridized carbons (Fsp3) is 0.639. The molecule has 11 nitrogen and oxygen atoms in total. The molecule has 4 heterocycles. The smallest absolute Gasteiger partial charge is 0.248 e. The second-order valence-corrected chi connectivity index (χ2v) is 13.1. The van der Waals surface area contributed by atoms with E-state index in [2.05, 4.69) is 18.1 Å². The van der Waals surface area contributed by atoms with Crippen LogP contribution in [0.1, 0.15) is 40.0 Å². The van der Waals surface area contributed by atoms with E-state index in [9.17, 15) is 19.5 Å². The summed E-state index contributed by atoms with van der Waals surface area (Å²) < 4.78 is 17.9. The summed E-state index contributed by atoms with van der Waals surface area (Å²) in [6.45, 7) is 18.5. The number of morpholine rings is 1. The Hall–Kier alpha value is -3.25. The first-order chi connectivity index (χ1) is 22.8. The zero-order valence-corrected chi connectivity index (χ0v) is 28.2. The van der Waals surface area contributed by atoms with E-state index in [0.717, 1.165) is 13.1 Å². The number of hydrogen-bond acceptors (Lipinski definition) is 8. The molecule has 0 aliphatic carbocycles. The van der Waals surface area contributed by atoms with Crippen molar-refractivity contribution in [2.75, 3.05) is 70.6 Å². The summed E-state index contributed by atoms with van der Waals surface area (Å²) in [6, 6.07) is 5.75. The lowest BCUT2D eigenvalue weighted by Crippen LogP contribution is -2.60. The van der Waals surface area contributed by atoms with Crippen molar-refractivity contribution in [3.63, 3.8) is 0 Å².